The zero-order valence-corrected chi connectivity index (χ0v) is 25.8. The van der Waals surface area contributed by atoms with Gasteiger partial charge in [-0.1, -0.05) is 53.7 Å². The molecule has 0 heterocycles. The van der Waals surface area contributed by atoms with Crippen LogP contribution in [0.5, 0.6) is 11.5 Å². The Hall–Kier alpha value is -1.69. The molecule has 3 aromatic carbocycles. The minimum absolute atomic E-state index is 0.418. The summed E-state index contributed by atoms with van der Waals surface area (Å²) < 4.78 is 12.5. The summed E-state index contributed by atoms with van der Waals surface area (Å²) in [6, 6.07) is 16.9. The third kappa shape index (κ3) is 7.43. The molecule has 1 atom stereocenters. The molecule has 0 aromatic heterocycles. The molecule has 0 amide bonds. The Morgan fingerprint density at radius 3 is 1.75 bits per heavy atom. The summed E-state index contributed by atoms with van der Waals surface area (Å²) in [5, 5.41) is 1.05. The average molecular weight is 599 g/mol. The van der Waals surface area contributed by atoms with Gasteiger partial charge in [-0.25, -0.2) is 0 Å². The van der Waals surface area contributed by atoms with E-state index < -0.39 is 0 Å². The molecule has 0 aliphatic carbocycles. The fourth-order valence-corrected chi connectivity index (χ4v) is 5.24. The van der Waals surface area contributed by atoms with Gasteiger partial charge < -0.3 is 9.47 Å². The van der Waals surface area contributed by atoms with E-state index in [9.17, 15) is 0 Å². The fraction of sp³-hybridized carbons (Fsp3) is 0.419. The molecule has 0 saturated carbocycles. The summed E-state index contributed by atoms with van der Waals surface area (Å²) in [4.78, 5) is 0. The number of methoxy groups -OCH3 is 2. The van der Waals surface area contributed by atoms with Gasteiger partial charge in [-0.05, 0) is 52.1 Å². The second kappa shape index (κ2) is 14.3. The van der Waals surface area contributed by atoms with Crippen LogP contribution in [0.15, 0.2) is 48.5 Å². The van der Waals surface area contributed by atoms with Crippen LogP contribution < -0.4 is 24.5 Å². The van der Waals surface area contributed by atoms with Crippen molar-refractivity contribution in [2.24, 2.45) is 5.73 Å². The standard InChI is InChI=1S/C23H33O2P.C8H10N.Pd/c1-13(2)16-11-17(14(3)4)21(18(12-16)15(5)6)22-19(24-7)9-10-20(25-8)23(22)26;9-7-6-8-4-2-1-3-5-8;/h9-15H,26H2,1-8H3;1-4H,6-7,9H2;. The van der Waals surface area contributed by atoms with Crippen LogP contribution in [-0.2, 0) is 25.6 Å². The number of hydrogen-bond acceptors (Lipinski definition) is 3. The van der Waals surface area contributed by atoms with Gasteiger partial charge in [0.15, 0.2) is 0 Å². The molecule has 0 saturated heterocycles. The van der Waals surface area contributed by atoms with E-state index in [0.717, 1.165) is 28.8 Å². The van der Waals surface area contributed by atoms with Gasteiger partial charge in [0.05, 0.1) is 14.2 Å². The molecule has 0 bridgehead atoms. The molecule has 3 aromatic rings. The first-order valence-corrected chi connectivity index (χ1v) is 14.0. The van der Waals surface area contributed by atoms with Crippen LogP contribution in [0.2, 0.25) is 0 Å². The number of ether oxygens (including phenoxy) is 2. The maximum atomic E-state index is 5.76. The summed E-state index contributed by atoms with van der Waals surface area (Å²) in [5.74, 6) is 3.09. The maximum absolute atomic E-state index is 5.76. The van der Waals surface area contributed by atoms with E-state index in [2.05, 4.69) is 88.2 Å². The number of benzene rings is 3. The molecule has 3 nitrogen and oxygen atoms in total. The zero-order chi connectivity index (χ0) is 27.0. The van der Waals surface area contributed by atoms with Crippen LogP contribution in [0.3, 0.4) is 0 Å². The summed E-state index contributed by atoms with van der Waals surface area (Å²) in [6.45, 7) is 14.3. The van der Waals surface area contributed by atoms with Gasteiger partial charge in [0.25, 0.3) is 0 Å². The van der Waals surface area contributed by atoms with Crippen molar-refractivity contribution in [1.29, 1.82) is 0 Å². The predicted octanol–water partition coefficient (Wildman–Crippen LogP) is 6.60. The number of nitrogens with two attached hydrogens (primary N) is 1. The molecule has 36 heavy (non-hydrogen) atoms. The number of rotatable bonds is 8. The van der Waals surface area contributed by atoms with E-state index in [1.165, 1.54) is 31.9 Å². The third-order valence-corrected chi connectivity index (χ3v) is 7.66. The van der Waals surface area contributed by atoms with Gasteiger partial charge in [-0.15, -0.1) is 9.24 Å². The van der Waals surface area contributed by atoms with E-state index in [1.807, 2.05) is 30.3 Å². The van der Waals surface area contributed by atoms with E-state index in [1.54, 1.807) is 14.2 Å². The van der Waals surface area contributed by atoms with Crippen LogP contribution >= 0.6 is 9.24 Å². The SMILES string of the molecule is COc1ccc(OC)c(-c2c(C(C)C)cc(C(C)C)cc2C(C)C)c1P.NCCc1cccc[c]1[Pd]. The van der Waals surface area contributed by atoms with E-state index in [-0.39, 0.29) is 0 Å². The summed E-state index contributed by atoms with van der Waals surface area (Å²) >= 11 is 3.18. The van der Waals surface area contributed by atoms with Gasteiger partial charge in [0.1, 0.15) is 11.5 Å². The zero-order valence-electron chi connectivity index (χ0n) is 23.1. The summed E-state index contributed by atoms with van der Waals surface area (Å²) in [7, 11) is 6.31. The molecule has 1 unspecified atom stereocenters. The number of hydrogen-bond donors (Lipinski definition) is 1. The quantitative estimate of drug-likeness (QED) is 0.235. The molecule has 0 fully saturated rings. The first-order chi connectivity index (χ1) is 17.1. The molecule has 199 valence electrons. The van der Waals surface area contributed by atoms with Crippen LogP contribution in [0.25, 0.3) is 11.1 Å². The van der Waals surface area contributed by atoms with Gasteiger partial charge in [-0.3, -0.25) is 0 Å². The molecule has 0 radical (unpaired) electrons. The van der Waals surface area contributed by atoms with Crippen molar-refractivity contribution in [3.63, 3.8) is 0 Å². The third-order valence-electron chi connectivity index (χ3n) is 6.33. The first kappa shape index (κ1) is 30.5. The predicted molar refractivity (Wildman–Crippen MR) is 155 cm³/mol. The normalized spacial score (nSPS) is 11.1. The van der Waals surface area contributed by atoms with Gasteiger partial charge in [-0.2, -0.15) is 0 Å². The summed E-state index contributed by atoms with van der Waals surface area (Å²) in [6.07, 6.45) is 0.955. The molecule has 3 rings (SSSR count). The van der Waals surface area contributed by atoms with Crippen molar-refractivity contribution in [3.05, 3.63) is 70.8 Å². The van der Waals surface area contributed by atoms with E-state index in [4.69, 9.17) is 15.2 Å². The Labute approximate surface area is 232 Å². The van der Waals surface area contributed by atoms with Crippen LogP contribution in [0.4, 0.5) is 0 Å². The van der Waals surface area contributed by atoms with Gasteiger partial charge in [0, 0.05) is 10.9 Å². The Morgan fingerprint density at radius 2 is 1.31 bits per heavy atom. The average Bonchev–Trinajstić information content (AvgIpc) is 2.84. The molecule has 0 aliphatic heterocycles. The Bertz CT molecular complexity index is 1110. The summed E-state index contributed by atoms with van der Waals surface area (Å²) in [5.41, 5.74) is 13.3. The van der Waals surface area contributed by atoms with Gasteiger partial charge in [0.2, 0.25) is 0 Å². The topological polar surface area (TPSA) is 44.5 Å². The Kier molecular flexibility index (Phi) is 12.1. The Morgan fingerprint density at radius 1 is 0.778 bits per heavy atom. The monoisotopic (exact) mass is 598 g/mol. The van der Waals surface area contributed by atoms with Crippen molar-refractivity contribution < 1.29 is 28.7 Å². The molecule has 0 spiro atoms. The molecular weight excluding hydrogens is 556 g/mol. The van der Waals surface area contributed by atoms with E-state index >= 15 is 0 Å². The van der Waals surface area contributed by atoms with Crippen molar-refractivity contribution in [1.82, 2.24) is 0 Å². The van der Waals surface area contributed by atoms with Crippen LogP contribution in [0, 0.1) is 0 Å². The van der Waals surface area contributed by atoms with Crippen molar-refractivity contribution >= 4 is 18.6 Å². The second-order valence-corrected chi connectivity index (χ2v) is 11.3. The first-order valence-electron chi connectivity index (χ1n) is 12.7. The van der Waals surface area contributed by atoms with Crippen molar-refractivity contribution in [3.8, 4) is 22.6 Å². The van der Waals surface area contributed by atoms with Gasteiger partial charge >= 0.3 is 71.8 Å². The Balaban J connectivity index is 0.000000380. The van der Waals surface area contributed by atoms with Crippen molar-refractivity contribution in [2.75, 3.05) is 20.8 Å². The molecule has 5 heteroatoms. The minimum atomic E-state index is 0.418. The second-order valence-electron chi connectivity index (χ2n) is 9.89. The molecular formula is C31H43NO2PPd. The fourth-order valence-electron chi connectivity index (χ4n) is 4.27. The van der Waals surface area contributed by atoms with E-state index in [0.29, 0.717) is 24.3 Å². The van der Waals surface area contributed by atoms with Crippen LogP contribution in [0.1, 0.15) is 81.5 Å². The molecule has 0 aliphatic rings. The van der Waals surface area contributed by atoms with Crippen molar-refractivity contribution in [2.45, 2.75) is 65.7 Å². The van der Waals surface area contributed by atoms with Crippen LogP contribution in [-0.4, -0.2) is 20.8 Å². The molecule has 2 N–H and O–H groups in total.